The Kier molecular flexibility index (Phi) is 5.52. The number of aryl methyl sites for hydroxylation is 2. The highest BCUT2D eigenvalue weighted by Gasteiger charge is 2.17. The van der Waals surface area contributed by atoms with Crippen LogP contribution in [0.3, 0.4) is 0 Å². The molecule has 0 amide bonds. The van der Waals surface area contributed by atoms with E-state index in [4.69, 9.17) is 20.6 Å². The summed E-state index contributed by atoms with van der Waals surface area (Å²) in [7, 11) is 3.29. The van der Waals surface area contributed by atoms with Crippen molar-refractivity contribution < 1.29 is 9.47 Å². The number of methoxy groups -OCH3 is 2. The third-order valence-corrected chi connectivity index (χ3v) is 3.77. The van der Waals surface area contributed by atoms with E-state index in [1.54, 1.807) is 14.2 Å². The summed E-state index contributed by atoms with van der Waals surface area (Å²) in [6.45, 7) is 1.07. The molecule has 0 saturated carbocycles. The van der Waals surface area contributed by atoms with E-state index in [0.29, 0.717) is 24.5 Å². The Balaban J connectivity index is 2.18. The summed E-state index contributed by atoms with van der Waals surface area (Å²) < 4.78 is 10.4. The molecule has 0 fully saturated rings. The second-order valence-corrected chi connectivity index (χ2v) is 5.31. The standard InChI is InChI=1S/C15H24N4O2/c1-20-9-11(21-2)8-18-15-12(14(16)17)7-10-5-3-4-6-13(10)19-15/h7,11H,3-6,8-9H2,1-2H3,(H3,16,17)(H,18,19). The number of fused-ring (bicyclic) bond motifs is 1. The number of rotatable bonds is 7. The summed E-state index contributed by atoms with van der Waals surface area (Å²) in [6, 6.07) is 2.00. The fourth-order valence-corrected chi connectivity index (χ4v) is 2.58. The highest BCUT2D eigenvalue weighted by molar-refractivity contribution is 5.99. The van der Waals surface area contributed by atoms with Gasteiger partial charge in [0.05, 0.1) is 18.3 Å². The monoisotopic (exact) mass is 292 g/mol. The van der Waals surface area contributed by atoms with E-state index >= 15 is 0 Å². The number of hydrogen-bond acceptors (Lipinski definition) is 5. The minimum absolute atomic E-state index is 0.0408. The minimum Gasteiger partial charge on any atom is -0.384 e. The first-order valence-electron chi connectivity index (χ1n) is 7.28. The smallest absolute Gasteiger partial charge is 0.137 e. The molecule has 0 spiro atoms. The molecule has 6 heteroatoms. The Labute approximate surface area is 125 Å². The van der Waals surface area contributed by atoms with Gasteiger partial charge in [-0.15, -0.1) is 0 Å². The first kappa shape index (κ1) is 15.7. The molecule has 0 aromatic carbocycles. The van der Waals surface area contributed by atoms with E-state index in [1.807, 2.05) is 6.07 Å². The Morgan fingerprint density at radius 3 is 2.86 bits per heavy atom. The molecule has 6 nitrogen and oxygen atoms in total. The normalized spacial score (nSPS) is 15.3. The van der Waals surface area contributed by atoms with Crippen LogP contribution in [0.15, 0.2) is 6.07 Å². The summed E-state index contributed by atoms with van der Waals surface area (Å²) in [5.41, 5.74) is 8.70. The lowest BCUT2D eigenvalue weighted by Crippen LogP contribution is -2.28. The quantitative estimate of drug-likeness (QED) is 0.520. The fraction of sp³-hybridized carbons (Fsp3) is 0.600. The van der Waals surface area contributed by atoms with Gasteiger partial charge in [-0.05, 0) is 37.3 Å². The van der Waals surface area contributed by atoms with Gasteiger partial charge < -0.3 is 20.5 Å². The van der Waals surface area contributed by atoms with Crippen molar-refractivity contribution >= 4 is 11.7 Å². The number of nitrogens with two attached hydrogens (primary N) is 1. The number of pyridine rings is 1. The van der Waals surface area contributed by atoms with Crippen molar-refractivity contribution in [3.63, 3.8) is 0 Å². The van der Waals surface area contributed by atoms with E-state index in [0.717, 1.165) is 18.5 Å². The van der Waals surface area contributed by atoms with Gasteiger partial charge in [0.25, 0.3) is 0 Å². The zero-order valence-electron chi connectivity index (χ0n) is 12.7. The average Bonchev–Trinajstić information content (AvgIpc) is 2.50. The average molecular weight is 292 g/mol. The summed E-state index contributed by atoms with van der Waals surface area (Å²) in [4.78, 5) is 4.67. The zero-order chi connectivity index (χ0) is 15.2. The van der Waals surface area contributed by atoms with Crippen LogP contribution >= 0.6 is 0 Å². The number of nitrogens with zero attached hydrogens (tertiary/aromatic N) is 1. The van der Waals surface area contributed by atoms with E-state index < -0.39 is 0 Å². The summed E-state index contributed by atoms with van der Waals surface area (Å²) in [5.74, 6) is 0.709. The topological polar surface area (TPSA) is 93.2 Å². The Morgan fingerprint density at radius 2 is 2.19 bits per heavy atom. The molecule has 116 valence electrons. The highest BCUT2D eigenvalue weighted by Crippen LogP contribution is 2.24. The van der Waals surface area contributed by atoms with E-state index in [-0.39, 0.29) is 11.9 Å². The van der Waals surface area contributed by atoms with E-state index in [9.17, 15) is 0 Å². The number of ether oxygens (including phenoxy) is 2. The van der Waals surface area contributed by atoms with Gasteiger partial charge in [-0.3, -0.25) is 5.41 Å². The number of hydrogen-bond donors (Lipinski definition) is 3. The van der Waals surface area contributed by atoms with Crippen LogP contribution in [0.1, 0.15) is 29.7 Å². The van der Waals surface area contributed by atoms with Crippen LogP contribution in [0.25, 0.3) is 0 Å². The minimum atomic E-state index is -0.0624. The number of anilines is 1. The molecule has 2 rings (SSSR count). The van der Waals surface area contributed by atoms with Gasteiger partial charge in [0.15, 0.2) is 0 Å². The second-order valence-electron chi connectivity index (χ2n) is 5.31. The maximum absolute atomic E-state index is 7.75. The van der Waals surface area contributed by atoms with E-state index in [2.05, 4.69) is 10.3 Å². The van der Waals surface area contributed by atoms with Crippen molar-refractivity contribution in [2.24, 2.45) is 5.73 Å². The zero-order valence-corrected chi connectivity index (χ0v) is 12.7. The molecule has 1 unspecified atom stereocenters. The first-order valence-corrected chi connectivity index (χ1v) is 7.28. The van der Waals surface area contributed by atoms with Crippen molar-refractivity contribution in [3.8, 4) is 0 Å². The molecule has 1 aromatic heterocycles. The lowest BCUT2D eigenvalue weighted by Gasteiger charge is -2.21. The molecule has 1 aliphatic rings. The number of aromatic nitrogens is 1. The van der Waals surface area contributed by atoms with Crippen LogP contribution in [0.4, 0.5) is 5.82 Å². The molecule has 0 aliphatic heterocycles. The predicted molar refractivity (Wildman–Crippen MR) is 83.1 cm³/mol. The molecule has 1 aromatic rings. The van der Waals surface area contributed by atoms with Gasteiger partial charge in [-0.2, -0.15) is 0 Å². The van der Waals surface area contributed by atoms with Crippen molar-refractivity contribution in [1.29, 1.82) is 5.41 Å². The Bertz CT molecular complexity index is 505. The summed E-state index contributed by atoms with van der Waals surface area (Å²) in [6.07, 6.45) is 4.30. The van der Waals surface area contributed by atoms with Crippen molar-refractivity contribution in [3.05, 3.63) is 22.9 Å². The molecule has 0 radical (unpaired) electrons. The van der Waals surface area contributed by atoms with Crippen molar-refractivity contribution in [2.45, 2.75) is 31.8 Å². The van der Waals surface area contributed by atoms with Crippen LogP contribution < -0.4 is 11.1 Å². The molecule has 21 heavy (non-hydrogen) atoms. The summed E-state index contributed by atoms with van der Waals surface area (Å²) in [5, 5.41) is 11.0. The van der Waals surface area contributed by atoms with Crippen LogP contribution in [-0.4, -0.2) is 44.3 Å². The molecular formula is C15H24N4O2. The third-order valence-electron chi connectivity index (χ3n) is 3.77. The molecule has 0 bridgehead atoms. The second kappa shape index (κ2) is 7.38. The number of nitrogen functional groups attached to an aromatic ring is 1. The van der Waals surface area contributed by atoms with Gasteiger partial charge in [0.2, 0.25) is 0 Å². The number of nitrogens with one attached hydrogen (secondary N) is 2. The van der Waals surface area contributed by atoms with Gasteiger partial charge >= 0.3 is 0 Å². The lowest BCUT2D eigenvalue weighted by atomic mass is 9.94. The van der Waals surface area contributed by atoms with Crippen molar-refractivity contribution in [1.82, 2.24) is 4.98 Å². The van der Waals surface area contributed by atoms with Gasteiger partial charge in [-0.1, -0.05) is 0 Å². The lowest BCUT2D eigenvalue weighted by molar-refractivity contribution is 0.0365. The largest absolute Gasteiger partial charge is 0.384 e. The van der Waals surface area contributed by atoms with Gasteiger partial charge in [0, 0.05) is 26.5 Å². The SMILES string of the molecule is COCC(CNc1nc2c(cc1C(=N)N)CCCC2)OC. The third kappa shape index (κ3) is 3.92. The van der Waals surface area contributed by atoms with Crippen molar-refractivity contribution in [2.75, 3.05) is 32.7 Å². The molecule has 1 heterocycles. The maximum Gasteiger partial charge on any atom is 0.137 e. The highest BCUT2D eigenvalue weighted by atomic mass is 16.5. The molecular weight excluding hydrogens is 268 g/mol. The molecule has 0 saturated heterocycles. The first-order chi connectivity index (χ1) is 10.2. The molecule has 1 atom stereocenters. The fourth-order valence-electron chi connectivity index (χ4n) is 2.58. The molecule has 1 aliphatic carbocycles. The Morgan fingerprint density at radius 1 is 1.43 bits per heavy atom. The van der Waals surface area contributed by atoms with Crippen LogP contribution in [0.2, 0.25) is 0 Å². The van der Waals surface area contributed by atoms with Crippen LogP contribution in [0, 0.1) is 5.41 Å². The predicted octanol–water partition coefficient (Wildman–Crippen LogP) is 1.32. The Hall–Kier alpha value is -1.66. The van der Waals surface area contributed by atoms with Gasteiger partial charge in [-0.25, -0.2) is 4.98 Å². The van der Waals surface area contributed by atoms with Crippen LogP contribution in [0.5, 0.6) is 0 Å². The molecule has 4 N–H and O–H groups in total. The maximum atomic E-state index is 7.75. The number of amidine groups is 1. The summed E-state index contributed by atoms with van der Waals surface area (Å²) >= 11 is 0. The van der Waals surface area contributed by atoms with Gasteiger partial charge in [0.1, 0.15) is 11.7 Å². The van der Waals surface area contributed by atoms with Crippen LogP contribution in [-0.2, 0) is 22.3 Å². The van der Waals surface area contributed by atoms with E-state index in [1.165, 1.54) is 18.4 Å².